The quantitative estimate of drug-likeness (QED) is 0.308. The second-order valence-electron chi connectivity index (χ2n) is 11.0. The summed E-state index contributed by atoms with van der Waals surface area (Å²) >= 11 is 0. The van der Waals surface area contributed by atoms with E-state index in [2.05, 4.69) is 0 Å². The van der Waals surface area contributed by atoms with Crippen molar-refractivity contribution in [2.45, 2.75) is 35.7 Å². The Kier molecular flexibility index (Phi) is 8.60. The number of benzene rings is 3. The van der Waals surface area contributed by atoms with Crippen molar-refractivity contribution in [3.05, 3.63) is 77.1 Å². The molecule has 0 spiro atoms. The third-order valence-electron chi connectivity index (χ3n) is 8.33. The summed E-state index contributed by atoms with van der Waals surface area (Å²) < 4.78 is 61.4. The van der Waals surface area contributed by atoms with Crippen molar-refractivity contribution in [3.8, 4) is 17.2 Å². The van der Waals surface area contributed by atoms with Crippen LogP contribution in [0.4, 0.5) is 10.1 Å². The maximum atomic E-state index is 15.3. The molecule has 11 nitrogen and oxygen atoms in total. The zero-order valence-electron chi connectivity index (χ0n) is 25.6. The van der Waals surface area contributed by atoms with Gasteiger partial charge in [-0.15, -0.1) is 0 Å². The van der Waals surface area contributed by atoms with Crippen molar-refractivity contribution >= 4 is 33.8 Å². The van der Waals surface area contributed by atoms with Crippen LogP contribution < -0.4 is 18.5 Å². The number of amides is 2. The molecule has 5 rings (SSSR count). The van der Waals surface area contributed by atoms with E-state index in [9.17, 15) is 18.0 Å². The predicted octanol–water partition coefficient (Wildman–Crippen LogP) is 3.12. The Hall–Kier alpha value is -4.49. The van der Waals surface area contributed by atoms with Gasteiger partial charge in [0.2, 0.25) is 5.91 Å². The van der Waals surface area contributed by atoms with Crippen LogP contribution in [0.5, 0.6) is 17.2 Å². The van der Waals surface area contributed by atoms with E-state index in [1.54, 1.807) is 37.2 Å². The minimum absolute atomic E-state index is 0.0115. The number of likely N-dealkylation sites (N-methyl/N-ethyl adjacent to an activating group) is 1. The first kappa shape index (κ1) is 31.9. The molecule has 238 valence electrons. The molecular formula is C32H34FN3O8S. The summed E-state index contributed by atoms with van der Waals surface area (Å²) in [4.78, 5) is 43.1. The lowest BCUT2D eigenvalue weighted by Gasteiger charge is -2.42. The Bertz CT molecular complexity index is 1780. The van der Waals surface area contributed by atoms with E-state index >= 15 is 9.18 Å². The summed E-state index contributed by atoms with van der Waals surface area (Å²) in [6.45, 7) is 0.201. The molecule has 0 aliphatic carbocycles. The van der Waals surface area contributed by atoms with E-state index in [-0.39, 0.29) is 52.1 Å². The van der Waals surface area contributed by atoms with Gasteiger partial charge in [0.1, 0.15) is 34.2 Å². The molecule has 2 atom stereocenters. The Balaban J connectivity index is 1.88. The molecule has 0 bridgehead atoms. The van der Waals surface area contributed by atoms with Gasteiger partial charge >= 0.3 is 0 Å². The number of fused-ring (bicyclic) bond motifs is 1. The van der Waals surface area contributed by atoms with E-state index in [1.807, 2.05) is 0 Å². The Morgan fingerprint density at radius 3 is 2.38 bits per heavy atom. The monoisotopic (exact) mass is 639 g/mol. The molecule has 2 heterocycles. The number of hydrogen-bond acceptors (Lipinski definition) is 9. The first-order chi connectivity index (χ1) is 21.5. The van der Waals surface area contributed by atoms with Crippen molar-refractivity contribution in [1.82, 2.24) is 9.80 Å². The largest absolute Gasteiger partial charge is 0.497 e. The molecule has 3 aromatic carbocycles. The third-order valence-corrected chi connectivity index (χ3v) is 10.1. The number of likely N-dealkylation sites (tertiary alicyclic amines) is 1. The van der Waals surface area contributed by atoms with E-state index in [0.717, 1.165) is 12.1 Å². The molecule has 1 saturated heterocycles. The fraction of sp³-hybridized carbons (Fsp3) is 0.344. The molecule has 2 amide bonds. The van der Waals surface area contributed by atoms with E-state index in [0.29, 0.717) is 34.7 Å². The SMILES string of the molecule is COc1ccc(S(=O)(=O)N2C(=O)C(c3cc(CC=O)ccc3OC)(N3CCC[C@H]3C(=O)N(C)C)c3cc(F)ccc32)c(OC)c1. The molecule has 1 fully saturated rings. The number of carbonyl (C=O) groups is 3. The molecule has 1 unspecified atom stereocenters. The van der Waals surface area contributed by atoms with Gasteiger partial charge in [-0.3, -0.25) is 14.5 Å². The van der Waals surface area contributed by atoms with Gasteiger partial charge < -0.3 is 23.9 Å². The van der Waals surface area contributed by atoms with Crippen LogP contribution in [0.3, 0.4) is 0 Å². The van der Waals surface area contributed by atoms with E-state index in [4.69, 9.17) is 14.2 Å². The number of anilines is 1. The lowest BCUT2D eigenvalue weighted by atomic mass is 9.80. The lowest BCUT2D eigenvalue weighted by Crippen LogP contribution is -2.59. The highest BCUT2D eigenvalue weighted by Crippen LogP contribution is 2.55. The highest BCUT2D eigenvalue weighted by molar-refractivity contribution is 7.93. The molecular weight excluding hydrogens is 605 g/mol. The van der Waals surface area contributed by atoms with Crippen LogP contribution in [0, 0.1) is 5.82 Å². The van der Waals surface area contributed by atoms with Crippen LogP contribution in [0.2, 0.25) is 0 Å². The molecule has 2 aliphatic rings. The third kappa shape index (κ3) is 4.99. The summed E-state index contributed by atoms with van der Waals surface area (Å²) in [5.41, 5.74) is -1.42. The highest BCUT2D eigenvalue weighted by Gasteiger charge is 2.63. The van der Waals surface area contributed by atoms with Crippen LogP contribution in [0.1, 0.15) is 29.5 Å². The van der Waals surface area contributed by atoms with Crippen LogP contribution in [0.15, 0.2) is 59.5 Å². The van der Waals surface area contributed by atoms with Gasteiger partial charge in [0.25, 0.3) is 15.9 Å². The number of halogens is 1. The normalized spacial score (nSPS) is 19.7. The maximum absolute atomic E-state index is 15.3. The fourth-order valence-corrected chi connectivity index (χ4v) is 7.95. The van der Waals surface area contributed by atoms with Crippen molar-refractivity contribution in [2.75, 3.05) is 46.3 Å². The zero-order valence-corrected chi connectivity index (χ0v) is 26.4. The van der Waals surface area contributed by atoms with E-state index < -0.39 is 33.3 Å². The number of hydrogen-bond donors (Lipinski definition) is 0. The molecule has 3 aromatic rings. The topological polar surface area (TPSA) is 123 Å². The van der Waals surface area contributed by atoms with Gasteiger partial charge in [-0.1, -0.05) is 6.07 Å². The van der Waals surface area contributed by atoms with Crippen LogP contribution in [-0.2, 0) is 36.4 Å². The van der Waals surface area contributed by atoms with Gasteiger partial charge in [-0.05, 0) is 60.9 Å². The first-order valence-electron chi connectivity index (χ1n) is 14.2. The number of aldehydes is 1. The van der Waals surface area contributed by atoms with Gasteiger partial charge in [-0.2, -0.15) is 0 Å². The van der Waals surface area contributed by atoms with Crippen LogP contribution in [0.25, 0.3) is 0 Å². The molecule has 0 saturated carbocycles. The lowest BCUT2D eigenvalue weighted by molar-refractivity contribution is -0.138. The van der Waals surface area contributed by atoms with Crippen LogP contribution >= 0.6 is 0 Å². The molecule has 45 heavy (non-hydrogen) atoms. The van der Waals surface area contributed by atoms with Crippen molar-refractivity contribution in [2.24, 2.45) is 0 Å². The van der Waals surface area contributed by atoms with Gasteiger partial charge in [0.15, 0.2) is 5.54 Å². The number of ether oxygens (including phenoxy) is 3. The van der Waals surface area contributed by atoms with E-state index in [1.165, 1.54) is 50.5 Å². The first-order valence-corrected chi connectivity index (χ1v) is 15.6. The number of methoxy groups -OCH3 is 3. The number of rotatable bonds is 10. The Labute approximate surface area is 261 Å². The number of nitrogens with zero attached hydrogens (tertiary/aromatic N) is 3. The summed E-state index contributed by atoms with van der Waals surface area (Å²) in [7, 11) is 2.56. The summed E-state index contributed by atoms with van der Waals surface area (Å²) in [6.07, 6.45) is 1.55. The average molecular weight is 640 g/mol. The molecule has 2 aliphatic heterocycles. The second-order valence-corrected chi connectivity index (χ2v) is 12.7. The highest BCUT2D eigenvalue weighted by atomic mass is 32.2. The second kappa shape index (κ2) is 12.1. The van der Waals surface area contributed by atoms with Gasteiger partial charge in [-0.25, -0.2) is 17.1 Å². The summed E-state index contributed by atoms with van der Waals surface area (Å²) in [6, 6.07) is 11.4. The minimum Gasteiger partial charge on any atom is -0.497 e. The smallest absolute Gasteiger partial charge is 0.274 e. The molecule has 0 radical (unpaired) electrons. The Morgan fingerprint density at radius 2 is 1.73 bits per heavy atom. The molecule has 0 aromatic heterocycles. The number of sulfonamides is 1. The predicted molar refractivity (Wildman–Crippen MR) is 163 cm³/mol. The average Bonchev–Trinajstić information content (AvgIpc) is 3.61. The van der Waals surface area contributed by atoms with Gasteiger partial charge in [0, 0.05) is 44.3 Å². The fourth-order valence-electron chi connectivity index (χ4n) is 6.35. The Morgan fingerprint density at radius 1 is 1.00 bits per heavy atom. The molecule has 13 heteroatoms. The van der Waals surface area contributed by atoms with Crippen LogP contribution in [-0.4, -0.2) is 84.3 Å². The zero-order chi connectivity index (χ0) is 32.7. The summed E-state index contributed by atoms with van der Waals surface area (Å²) in [5, 5.41) is 0. The van der Waals surface area contributed by atoms with Crippen molar-refractivity contribution in [3.63, 3.8) is 0 Å². The maximum Gasteiger partial charge on any atom is 0.274 e. The van der Waals surface area contributed by atoms with Gasteiger partial charge in [0.05, 0.1) is 33.1 Å². The molecule has 0 N–H and O–H groups in total. The number of carbonyl (C=O) groups excluding carboxylic acids is 3. The standard InChI is InChI=1S/C32H34FN3O8S/c1-34(2)30(38)26-7-6-15-35(26)32(24-17-20(14-16-37)8-12-27(24)43-4)23-18-21(33)9-11-25(23)36(31(32)39)45(40,41)29-13-10-22(42-3)19-28(29)44-5/h8-13,16-19,26H,6-7,14-15H2,1-5H3/t26-,32?/m0/s1. The van der Waals surface area contributed by atoms with Crippen molar-refractivity contribution < 1.29 is 41.4 Å². The minimum atomic E-state index is -4.72. The van der Waals surface area contributed by atoms with Crippen molar-refractivity contribution in [1.29, 1.82) is 0 Å². The summed E-state index contributed by atoms with van der Waals surface area (Å²) in [5.74, 6) is -1.54.